The molecule has 0 saturated carbocycles. The fourth-order valence-electron chi connectivity index (χ4n) is 1.66. The Bertz CT molecular complexity index is 352. The predicted molar refractivity (Wildman–Crippen MR) is 77.3 cm³/mol. The van der Waals surface area contributed by atoms with Crippen LogP contribution in [-0.2, 0) is 14.3 Å². The minimum absolute atomic E-state index is 0.0771. The van der Waals surface area contributed by atoms with Crippen molar-refractivity contribution in [3.05, 3.63) is 0 Å². The van der Waals surface area contributed by atoms with Crippen LogP contribution in [0.2, 0.25) is 25.7 Å². The number of nitrogens with zero attached hydrogens (tertiary/aromatic N) is 1. The summed E-state index contributed by atoms with van der Waals surface area (Å²) in [5.74, 6) is -0.361. The maximum absolute atomic E-state index is 12.0. The Morgan fingerprint density at radius 3 is 2.28 bits per heavy atom. The van der Waals surface area contributed by atoms with E-state index in [1.165, 1.54) is 4.90 Å². The number of amides is 2. The molecule has 18 heavy (non-hydrogen) atoms. The van der Waals surface area contributed by atoms with E-state index < -0.39 is 18.3 Å². The highest BCUT2D eigenvalue weighted by atomic mass is 79.9. The summed E-state index contributed by atoms with van der Waals surface area (Å²) in [6.07, 6.45) is 0. The molecule has 104 valence electrons. The van der Waals surface area contributed by atoms with Crippen molar-refractivity contribution in [3.63, 3.8) is 0 Å². The summed E-state index contributed by atoms with van der Waals surface area (Å²) in [6, 6.07) is 1.03. The van der Waals surface area contributed by atoms with Crippen molar-refractivity contribution in [1.29, 1.82) is 0 Å². The van der Waals surface area contributed by atoms with Crippen LogP contribution >= 0.6 is 15.9 Å². The molecule has 0 aromatic carbocycles. The van der Waals surface area contributed by atoms with Gasteiger partial charge in [-0.1, -0.05) is 35.6 Å². The molecule has 0 aromatic rings. The van der Waals surface area contributed by atoms with Crippen molar-refractivity contribution in [2.45, 2.75) is 44.4 Å². The third kappa shape index (κ3) is 3.42. The maximum Gasteiger partial charge on any atom is 0.245 e. The normalized spacial score (nSPS) is 23.9. The highest BCUT2D eigenvalue weighted by molar-refractivity contribution is 9.10. The van der Waals surface area contributed by atoms with Gasteiger partial charge in [-0.2, -0.15) is 0 Å². The van der Waals surface area contributed by atoms with Crippen LogP contribution in [0.1, 0.15) is 13.8 Å². The highest BCUT2D eigenvalue weighted by Gasteiger charge is 2.52. The summed E-state index contributed by atoms with van der Waals surface area (Å²) in [5.41, 5.74) is -0.681. The van der Waals surface area contributed by atoms with E-state index in [0.717, 1.165) is 6.04 Å². The molecule has 0 aromatic heterocycles. The van der Waals surface area contributed by atoms with E-state index in [-0.39, 0.29) is 18.5 Å². The molecule has 1 heterocycles. The van der Waals surface area contributed by atoms with E-state index >= 15 is 0 Å². The first kappa shape index (κ1) is 15.9. The number of halogens is 1. The van der Waals surface area contributed by atoms with E-state index in [2.05, 4.69) is 35.6 Å². The Morgan fingerprint density at radius 2 is 1.89 bits per heavy atom. The number of alkyl halides is 1. The maximum atomic E-state index is 12.0. The van der Waals surface area contributed by atoms with Gasteiger partial charge in [0.2, 0.25) is 11.8 Å². The van der Waals surface area contributed by atoms with Crippen LogP contribution in [0.15, 0.2) is 0 Å². The monoisotopic (exact) mass is 335 g/mol. The van der Waals surface area contributed by atoms with Crippen molar-refractivity contribution < 1.29 is 14.3 Å². The zero-order valence-electron chi connectivity index (χ0n) is 11.7. The molecular formula is C12H22BrNO3Si. The van der Waals surface area contributed by atoms with Gasteiger partial charge in [0.05, 0.1) is 5.41 Å². The smallest absolute Gasteiger partial charge is 0.245 e. The first-order chi connectivity index (χ1) is 8.07. The Labute approximate surface area is 118 Å². The Balaban J connectivity index is 2.49. The van der Waals surface area contributed by atoms with Gasteiger partial charge in [0, 0.05) is 14.7 Å². The van der Waals surface area contributed by atoms with Crippen molar-refractivity contribution in [3.8, 4) is 0 Å². The Kier molecular flexibility index (Phi) is 4.78. The summed E-state index contributed by atoms with van der Waals surface area (Å²) >= 11 is 3.29. The number of carbonyl (C=O) groups is 2. The second-order valence-corrected chi connectivity index (χ2v) is 13.0. The number of likely N-dealkylation sites (tertiary alicyclic amines) is 1. The van der Waals surface area contributed by atoms with Crippen LogP contribution in [0, 0.1) is 5.41 Å². The molecule has 0 radical (unpaired) electrons. The quantitative estimate of drug-likeness (QED) is 0.335. The molecule has 1 aliphatic heterocycles. The Morgan fingerprint density at radius 1 is 1.33 bits per heavy atom. The van der Waals surface area contributed by atoms with Crippen LogP contribution in [0.5, 0.6) is 0 Å². The fraction of sp³-hybridized carbons (Fsp3) is 0.833. The van der Waals surface area contributed by atoms with Gasteiger partial charge in [-0.3, -0.25) is 14.5 Å². The first-order valence-electron chi connectivity index (χ1n) is 6.15. The molecule has 1 aliphatic rings. The van der Waals surface area contributed by atoms with Gasteiger partial charge in [0.25, 0.3) is 0 Å². The van der Waals surface area contributed by atoms with E-state index in [9.17, 15) is 9.59 Å². The number of hydrogen-bond acceptors (Lipinski definition) is 3. The zero-order valence-corrected chi connectivity index (χ0v) is 14.3. The standard InChI is InChI=1S/C12H22BrNO3Si/c1-12(2)9(13)10(15)14(11(12)16)8-17-6-7-18(3,4)5/h9H,6-8H2,1-5H3. The van der Waals surface area contributed by atoms with Gasteiger partial charge >= 0.3 is 0 Å². The minimum Gasteiger partial charge on any atom is -0.361 e. The summed E-state index contributed by atoms with van der Waals surface area (Å²) in [5, 5.41) is 0. The van der Waals surface area contributed by atoms with E-state index in [1.807, 2.05) is 0 Å². The number of carbonyl (C=O) groups excluding carboxylic acids is 2. The van der Waals surface area contributed by atoms with Gasteiger partial charge in [0.15, 0.2) is 0 Å². The highest BCUT2D eigenvalue weighted by Crippen LogP contribution is 2.37. The summed E-state index contributed by atoms with van der Waals surface area (Å²) < 4.78 is 5.47. The molecular weight excluding hydrogens is 314 g/mol. The van der Waals surface area contributed by atoms with Gasteiger partial charge < -0.3 is 4.74 Å². The van der Waals surface area contributed by atoms with Crippen molar-refractivity contribution in [2.75, 3.05) is 13.3 Å². The molecule has 0 spiro atoms. The molecule has 1 atom stereocenters. The molecule has 1 saturated heterocycles. The summed E-state index contributed by atoms with van der Waals surface area (Å²) in [7, 11) is -1.13. The van der Waals surface area contributed by atoms with E-state index in [4.69, 9.17) is 4.74 Å². The fourth-order valence-corrected chi connectivity index (χ4v) is 2.86. The average molecular weight is 336 g/mol. The van der Waals surface area contributed by atoms with Gasteiger partial charge in [-0.05, 0) is 19.9 Å². The number of hydrogen-bond donors (Lipinski definition) is 0. The van der Waals surface area contributed by atoms with Crippen molar-refractivity contribution >= 4 is 35.8 Å². The third-order valence-electron chi connectivity index (χ3n) is 3.13. The number of ether oxygens (including phenoxy) is 1. The van der Waals surface area contributed by atoms with Gasteiger partial charge in [0.1, 0.15) is 11.6 Å². The lowest BCUT2D eigenvalue weighted by atomic mass is 9.92. The van der Waals surface area contributed by atoms with Crippen LogP contribution in [-0.4, -0.2) is 43.0 Å². The summed E-state index contributed by atoms with van der Waals surface area (Å²) in [4.78, 5) is 24.7. The van der Waals surface area contributed by atoms with Crippen molar-refractivity contribution in [2.24, 2.45) is 5.41 Å². The molecule has 0 bridgehead atoms. The van der Waals surface area contributed by atoms with E-state index in [1.54, 1.807) is 13.8 Å². The van der Waals surface area contributed by atoms with Crippen LogP contribution in [0.3, 0.4) is 0 Å². The van der Waals surface area contributed by atoms with Crippen LogP contribution < -0.4 is 0 Å². The van der Waals surface area contributed by atoms with Gasteiger partial charge in [-0.25, -0.2) is 0 Å². The SMILES string of the molecule is CC1(C)C(=O)N(COCC[Si](C)(C)C)C(=O)C1Br. The lowest BCUT2D eigenvalue weighted by molar-refractivity contribution is -0.146. The predicted octanol–water partition coefficient (Wildman–Crippen LogP) is 2.46. The molecule has 1 rings (SSSR count). The molecule has 1 unspecified atom stereocenters. The number of rotatable bonds is 5. The molecule has 4 nitrogen and oxygen atoms in total. The van der Waals surface area contributed by atoms with Crippen LogP contribution in [0.4, 0.5) is 0 Å². The third-order valence-corrected chi connectivity index (χ3v) is 6.37. The molecule has 0 aliphatic carbocycles. The van der Waals surface area contributed by atoms with Crippen LogP contribution in [0.25, 0.3) is 0 Å². The largest absolute Gasteiger partial charge is 0.361 e. The topological polar surface area (TPSA) is 46.6 Å². The minimum atomic E-state index is -1.13. The second-order valence-electron chi connectivity index (χ2n) is 6.50. The lowest BCUT2D eigenvalue weighted by Crippen LogP contribution is -2.35. The number of imide groups is 1. The molecule has 0 N–H and O–H groups in total. The first-order valence-corrected chi connectivity index (χ1v) is 10.8. The van der Waals surface area contributed by atoms with E-state index in [0.29, 0.717) is 6.61 Å². The lowest BCUT2D eigenvalue weighted by Gasteiger charge is -2.19. The molecule has 6 heteroatoms. The van der Waals surface area contributed by atoms with Crippen molar-refractivity contribution in [1.82, 2.24) is 4.90 Å². The second kappa shape index (κ2) is 5.42. The molecule has 2 amide bonds. The van der Waals surface area contributed by atoms with Gasteiger partial charge in [-0.15, -0.1) is 0 Å². The molecule has 1 fully saturated rings. The average Bonchev–Trinajstić information content (AvgIpc) is 2.37. The summed E-state index contributed by atoms with van der Waals surface area (Å²) in [6.45, 7) is 11.0. The Hall–Kier alpha value is -0.203. The zero-order chi connectivity index (χ0) is 14.1.